The van der Waals surface area contributed by atoms with Crippen LogP contribution in [-0.2, 0) is 0 Å². The fourth-order valence-electron chi connectivity index (χ4n) is 9.31. The van der Waals surface area contributed by atoms with Crippen LogP contribution in [0.1, 0.15) is 98.3 Å². The van der Waals surface area contributed by atoms with Gasteiger partial charge in [-0.2, -0.15) is 0 Å². The number of hydrogen-bond donors (Lipinski definition) is 3. The maximum Gasteiger partial charge on any atom is 0.0577 e. The molecule has 0 radical (unpaired) electrons. The molecule has 5 unspecified atom stereocenters. The maximum absolute atomic E-state index is 11.2. The molecule has 4 aliphatic rings. The summed E-state index contributed by atoms with van der Waals surface area (Å²) in [6.45, 7) is 12.2. The number of rotatable bonds is 7. The molecular weight excluding hydrogens is 370 g/mol. The van der Waals surface area contributed by atoms with Gasteiger partial charge in [-0.3, -0.25) is 0 Å². The van der Waals surface area contributed by atoms with Crippen molar-refractivity contribution in [3.05, 3.63) is 0 Å². The fraction of sp³-hybridized carbons (Fsp3) is 1.00. The van der Waals surface area contributed by atoms with E-state index in [1.54, 1.807) is 0 Å². The molecule has 174 valence electrons. The minimum absolute atomic E-state index is 0.188. The van der Waals surface area contributed by atoms with Gasteiger partial charge in [-0.25, -0.2) is 0 Å². The van der Waals surface area contributed by atoms with E-state index in [-0.39, 0.29) is 17.6 Å². The lowest BCUT2D eigenvalue weighted by atomic mass is 9.44. The topological polar surface area (TPSA) is 52.5 Å². The molecule has 0 saturated heterocycles. The molecule has 4 aliphatic carbocycles. The average Bonchev–Trinajstić information content (AvgIpc) is 3.07. The van der Waals surface area contributed by atoms with Crippen molar-refractivity contribution in [1.29, 1.82) is 0 Å². The van der Waals surface area contributed by atoms with Crippen LogP contribution in [0.2, 0.25) is 0 Å². The molecule has 3 nitrogen and oxygen atoms in total. The van der Waals surface area contributed by atoms with Gasteiger partial charge in [0.15, 0.2) is 0 Å². The van der Waals surface area contributed by atoms with E-state index in [1.807, 2.05) is 0 Å². The minimum atomic E-state index is -0.199. The van der Waals surface area contributed by atoms with E-state index in [0.29, 0.717) is 17.3 Å². The summed E-state index contributed by atoms with van der Waals surface area (Å²) in [5.41, 5.74) is 0.728. The van der Waals surface area contributed by atoms with E-state index in [2.05, 4.69) is 33.0 Å². The first-order valence-corrected chi connectivity index (χ1v) is 13.4. The Balaban J connectivity index is 1.44. The van der Waals surface area contributed by atoms with Gasteiger partial charge < -0.3 is 15.5 Å². The minimum Gasteiger partial charge on any atom is -0.393 e. The van der Waals surface area contributed by atoms with Crippen molar-refractivity contribution >= 4 is 0 Å². The third-order valence-corrected chi connectivity index (χ3v) is 10.9. The normalized spacial score (nSPS) is 49.2. The Morgan fingerprint density at radius 1 is 0.900 bits per heavy atom. The summed E-state index contributed by atoms with van der Waals surface area (Å²) < 4.78 is 0. The highest BCUT2D eigenvalue weighted by molar-refractivity contribution is 5.11. The van der Waals surface area contributed by atoms with E-state index in [4.69, 9.17) is 0 Å². The molecule has 3 N–H and O–H groups in total. The van der Waals surface area contributed by atoms with Gasteiger partial charge in [-0.1, -0.05) is 27.7 Å². The molecule has 4 rings (SSSR count). The monoisotopic (exact) mass is 419 g/mol. The second kappa shape index (κ2) is 9.02. The van der Waals surface area contributed by atoms with Crippen LogP contribution in [-0.4, -0.2) is 35.5 Å². The highest BCUT2D eigenvalue weighted by Gasteiger charge is 2.62. The van der Waals surface area contributed by atoms with Gasteiger partial charge in [0.25, 0.3) is 0 Å². The zero-order chi connectivity index (χ0) is 21.5. The fourth-order valence-corrected chi connectivity index (χ4v) is 9.31. The smallest absolute Gasteiger partial charge is 0.0577 e. The second-order valence-electron chi connectivity index (χ2n) is 12.3. The average molecular weight is 420 g/mol. The Labute approximate surface area is 185 Å². The summed E-state index contributed by atoms with van der Waals surface area (Å²) in [7, 11) is 0. The second-order valence-corrected chi connectivity index (χ2v) is 12.3. The molecule has 0 amide bonds. The molecule has 0 heterocycles. The van der Waals surface area contributed by atoms with Crippen molar-refractivity contribution in [2.75, 3.05) is 13.1 Å². The van der Waals surface area contributed by atoms with E-state index in [9.17, 15) is 10.2 Å². The summed E-state index contributed by atoms with van der Waals surface area (Å²) in [6, 6.07) is 0. The molecule has 30 heavy (non-hydrogen) atoms. The third-order valence-electron chi connectivity index (χ3n) is 10.9. The predicted molar refractivity (Wildman–Crippen MR) is 124 cm³/mol. The van der Waals surface area contributed by atoms with Crippen LogP contribution in [0.3, 0.4) is 0 Å². The van der Waals surface area contributed by atoms with E-state index in [1.165, 1.54) is 51.5 Å². The lowest BCUT2D eigenvalue weighted by molar-refractivity contribution is -0.172. The number of hydrogen-bond acceptors (Lipinski definition) is 3. The zero-order valence-corrected chi connectivity index (χ0v) is 20.2. The molecule has 4 saturated carbocycles. The first-order chi connectivity index (χ1) is 14.3. The zero-order valence-electron chi connectivity index (χ0n) is 20.2. The summed E-state index contributed by atoms with van der Waals surface area (Å²) in [5, 5.41) is 25.0. The molecule has 0 aliphatic heterocycles. The van der Waals surface area contributed by atoms with Crippen molar-refractivity contribution in [2.45, 2.75) is 111 Å². The van der Waals surface area contributed by atoms with Crippen LogP contribution in [0.25, 0.3) is 0 Å². The van der Waals surface area contributed by atoms with E-state index < -0.39 is 0 Å². The molecule has 10 atom stereocenters. The molecule has 0 aromatic carbocycles. The Hall–Kier alpha value is -0.120. The Bertz CT molecular complexity index is 581. The van der Waals surface area contributed by atoms with Crippen molar-refractivity contribution in [1.82, 2.24) is 5.32 Å². The molecule has 0 spiro atoms. The highest BCUT2D eigenvalue weighted by Crippen LogP contribution is 2.68. The van der Waals surface area contributed by atoms with Gasteiger partial charge in [0, 0.05) is 0 Å². The van der Waals surface area contributed by atoms with Crippen LogP contribution in [0.4, 0.5) is 0 Å². The maximum atomic E-state index is 11.2. The summed E-state index contributed by atoms with van der Waals surface area (Å²) in [4.78, 5) is 0. The van der Waals surface area contributed by atoms with E-state index >= 15 is 0 Å². The van der Waals surface area contributed by atoms with Crippen molar-refractivity contribution in [3.8, 4) is 0 Å². The number of nitrogens with one attached hydrogen (secondary N) is 1. The lowest BCUT2D eigenvalue weighted by Crippen LogP contribution is -2.58. The summed E-state index contributed by atoms with van der Waals surface area (Å²) in [6.07, 6.45) is 12.9. The van der Waals surface area contributed by atoms with Crippen LogP contribution in [0.15, 0.2) is 0 Å². The van der Waals surface area contributed by atoms with Crippen LogP contribution < -0.4 is 5.32 Å². The Morgan fingerprint density at radius 3 is 2.40 bits per heavy atom. The highest BCUT2D eigenvalue weighted by atomic mass is 16.3. The van der Waals surface area contributed by atoms with Crippen molar-refractivity contribution in [2.24, 2.45) is 46.3 Å². The first-order valence-electron chi connectivity index (χ1n) is 13.4. The Morgan fingerprint density at radius 2 is 1.63 bits per heavy atom. The quantitative estimate of drug-likeness (QED) is 0.485. The van der Waals surface area contributed by atoms with Gasteiger partial charge in [0.05, 0.1) is 12.2 Å². The van der Waals surface area contributed by atoms with Crippen LogP contribution >= 0.6 is 0 Å². The standard InChI is InChI=1S/C27H49NO2/c1-5-14-28-15-6-7-18(2)21-8-9-22-20-17-25(30)24-16-19(29)10-12-27(24,4)23(20)11-13-26(21,22)3/h18-25,28-30H,5-17H2,1-4H3/t18?,19-,20?,21?,22?,23?,24+,25+,26-,27-/m1/s1. The van der Waals surface area contributed by atoms with E-state index in [0.717, 1.165) is 55.9 Å². The third kappa shape index (κ3) is 3.90. The first kappa shape index (κ1) is 23.1. The van der Waals surface area contributed by atoms with Crippen LogP contribution in [0.5, 0.6) is 0 Å². The lowest BCUT2D eigenvalue weighted by Gasteiger charge is -2.62. The molecule has 3 heteroatoms. The van der Waals surface area contributed by atoms with Crippen molar-refractivity contribution in [3.63, 3.8) is 0 Å². The SMILES string of the molecule is CCCNCCCC(C)C1CCC2C3C[C@H](O)[C@@H]4C[C@H](O)CC[C@]4(C)C3CC[C@]12C. The molecule has 0 aromatic rings. The van der Waals surface area contributed by atoms with Gasteiger partial charge >= 0.3 is 0 Å². The summed E-state index contributed by atoms with van der Waals surface area (Å²) in [5.74, 6) is 4.29. The van der Waals surface area contributed by atoms with Gasteiger partial charge in [-0.15, -0.1) is 0 Å². The largest absolute Gasteiger partial charge is 0.393 e. The molecular formula is C27H49NO2. The van der Waals surface area contributed by atoms with Gasteiger partial charge in [0.2, 0.25) is 0 Å². The van der Waals surface area contributed by atoms with Crippen LogP contribution in [0, 0.1) is 46.3 Å². The molecule has 0 bridgehead atoms. The molecule has 4 fully saturated rings. The molecule has 0 aromatic heterocycles. The van der Waals surface area contributed by atoms with Gasteiger partial charge in [-0.05, 0) is 130 Å². The van der Waals surface area contributed by atoms with Gasteiger partial charge in [0.1, 0.15) is 0 Å². The van der Waals surface area contributed by atoms with Crippen molar-refractivity contribution < 1.29 is 10.2 Å². The number of aliphatic hydroxyl groups is 2. The number of fused-ring (bicyclic) bond motifs is 5. The Kier molecular flexibility index (Phi) is 6.93. The number of aliphatic hydroxyl groups excluding tert-OH is 2. The predicted octanol–water partition coefficient (Wildman–Crippen LogP) is 5.39. The summed E-state index contributed by atoms with van der Waals surface area (Å²) >= 11 is 0.